The quantitative estimate of drug-likeness (QED) is 0.0478. The van der Waals surface area contributed by atoms with Crippen LogP contribution in [-0.4, -0.2) is 138 Å². The van der Waals surface area contributed by atoms with Crippen LogP contribution in [0.15, 0.2) is 12.2 Å². The first-order valence-electron chi connectivity index (χ1n) is 30.8. The van der Waals surface area contributed by atoms with Crippen molar-refractivity contribution in [3.05, 3.63) is 12.2 Å². The van der Waals surface area contributed by atoms with Crippen LogP contribution in [0.25, 0.3) is 0 Å². The van der Waals surface area contributed by atoms with Gasteiger partial charge in [0.2, 0.25) is 23.6 Å². The highest BCUT2D eigenvalue weighted by Gasteiger charge is 2.71. The molecule has 5 N–H and O–H groups in total. The summed E-state index contributed by atoms with van der Waals surface area (Å²) in [6, 6.07) is -2.20. The number of nitrogens with zero attached hydrogens (tertiary/aromatic N) is 3. The van der Waals surface area contributed by atoms with E-state index in [2.05, 4.69) is 51.8 Å². The summed E-state index contributed by atoms with van der Waals surface area (Å²) in [7, 11) is 0.147. The topological polar surface area (TPSA) is 235 Å². The van der Waals surface area contributed by atoms with E-state index in [1.165, 1.54) is 0 Å². The SMILES string of the molecule is C=C(CCNC(=O)[C@H](C)[C@@H](CO)C1CCCN1C(=O)C[C@@H](CO)[C@H]([C@@H](C)CC)N(C)C(=O)[C@@H](NC(=O)[C@H](C(C)C)N(C)C)C(C)C)[C@@H]1CC[C@]2(COP(=O)([O-])[O-])CC[C@]3(C)C(CCC4[C@@]5(C)CC[C@H](O)C(C)(C)[C@@H]5CC[C@]43C)[C@@H]12. The van der Waals surface area contributed by atoms with Gasteiger partial charge in [-0.25, -0.2) is 0 Å². The number of phosphoric ester groups is 1. The zero-order valence-electron chi connectivity index (χ0n) is 51.5. The number of hydrogen-bond donors (Lipinski definition) is 5. The average molecular weight is 1130 g/mol. The Morgan fingerprint density at radius 2 is 1.49 bits per heavy atom. The molecule has 0 aromatic rings. The molecule has 79 heavy (non-hydrogen) atoms. The van der Waals surface area contributed by atoms with Crippen molar-refractivity contribution in [3.63, 3.8) is 0 Å². The maximum Gasteiger partial charge on any atom is 0.245 e. The minimum Gasteiger partial charge on any atom is -0.790 e. The number of hydrogen-bond acceptors (Lipinski definition) is 12. The summed E-state index contributed by atoms with van der Waals surface area (Å²) in [6.45, 7) is 30.3. The second kappa shape index (κ2) is 25.4. The Morgan fingerprint density at radius 3 is 2.08 bits per heavy atom. The molecule has 0 aromatic carbocycles. The van der Waals surface area contributed by atoms with Gasteiger partial charge in [-0.1, -0.05) is 102 Å². The lowest BCUT2D eigenvalue weighted by Crippen LogP contribution is -2.66. The van der Waals surface area contributed by atoms with E-state index >= 15 is 0 Å². The molecule has 0 spiro atoms. The minimum atomic E-state index is -5.24. The number of carbonyl (C=O) groups excluding carboxylic acids is 4. The molecular weight excluding hydrogens is 1020 g/mol. The van der Waals surface area contributed by atoms with Crippen molar-refractivity contribution in [2.24, 2.45) is 92.2 Å². The molecule has 6 rings (SSSR count). The Bertz CT molecular complexity index is 2200. The van der Waals surface area contributed by atoms with E-state index in [1.54, 1.807) is 23.8 Å². The fourth-order valence-corrected chi connectivity index (χ4v) is 19.4. The van der Waals surface area contributed by atoms with Gasteiger partial charge in [0.05, 0.1) is 26.6 Å². The van der Waals surface area contributed by atoms with Crippen LogP contribution in [-0.2, 0) is 28.3 Å². The van der Waals surface area contributed by atoms with Crippen LogP contribution in [0.3, 0.4) is 0 Å². The van der Waals surface area contributed by atoms with Gasteiger partial charge in [0.15, 0.2) is 0 Å². The van der Waals surface area contributed by atoms with Crippen molar-refractivity contribution >= 4 is 31.5 Å². The third kappa shape index (κ3) is 12.7. The fourth-order valence-electron chi connectivity index (χ4n) is 19.0. The number of carbonyl (C=O) groups is 4. The Hall–Kier alpha value is -2.43. The molecule has 6 fully saturated rings. The maximum absolute atomic E-state index is 14.5. The zero-order chi connectivity index (χ0) is 59.1. The highest BCUT2D eigenvalue weighted by molar-refractivity contribution is 7.43. The molecule has 1 aliphatic heterocycles. The lowest BCUT2D eigenvalue weighted by molar-refractivity contribution is -0.344. The van der Waals surface area contributed by atoms with E-state index in [4.69, 9.17) is 4.52 Å². The molecule has 4 amide bonds. The highest BCUT2D eigenvalue weighted by Crippen LogP contribution is 2.77. The molecule has 1 heterocycles. The summed E-state index contributed by atoms with van der Waals surface area (Å²) in [4.78, 5) is 86.2. The number of aliphatic hydroxyl groups is 3. The molecule has 3 unspecified atom stereocenters. The van der Waals surface area contributed by atoms with E-state index in [0.717, 1.165) is 69.8 Å². The van der Waals surface area contributed by atoms with Gasteiger partial charge in [-0.2, -0.15) is 0 Å². The van der Waals surface area contributed by atoms with Crippen LogP contribution in [0.5, 0.6) is 0 Å². The number of amides is 4. The van der Waals surface area contributed by atoms with Crippen LogP contribution in [0, 0.1) is 92.2 Å². The van der Waals surface area contributed by atoms with Crippen LogP contribution in [0.4, 0.5) is 0 Å². The number of rotatable bonds is 24. The van der Waals surface area contributed by atoms with Crippen molar-refractivity contribution in [3.8, 4) is 0 Å². The number of likely N-dealkylation sites (N-methyl/N-ethyl adjacent to an activating group) is 2. The summed E-state index contributed by atoms with van der Waals surface area (Å²) in [6.07, 6.45) is 11.4. The predicted molar refractivity (Wildman–Crippen MR) is 305 cm³/mol. The smallest absolute Gasteiger partial charge is 0.245 e. The van der Waals surface area contributed by atoms with E-state index in [1.807, 2.05) is 60.5 Å². The second-order valence-electron chi connectivity index (χ2n) is 28.8. The highest BCUT2D eigenvalue weighted by atomic mass is 31.2. The predicted octanol–water partition coefficient (Wildman–Crippen LogP) is 7.17. The molecule has 16 nitrogen and oxygen atoms in total. The van der Waals surface area contributed by atoms with E-state index in [9.17, 15) is 48.8 Å². The molecule has 1 saturated heterocycles. The zero-order valence-corrected chi connectivity index (χ0v) is 52.4. The van der Waals surface area contributed by atoms with Crippen LogP contribution in [0.1, 0.15) is 179 Å². The van der Waals surface area contributed by atoms with Gasteiger partial charge in [-0.3, -0.25) is 24.1 Å². The Labute approximate surface area is 476 Å². The number of nitrogens with one attached hydrogen (secondary N) is 2. The third-order valence-corrected chi connectivity index (χ3v) is 24.1. The largest absolute Gasteiger partial charge is 0.790 e. The lowest BCUT2D eigenvalue weighted by atomic mass is 9.32. The average Bonchev–Trinajstić information content (AvgIpc) is 4.24. The molecule has 5 saturated carbocycles. The molecule has 17 heteroatoms. The first kappa shape index (κ1) is 65.7. The number of fused-ring (bicyclic) bond motifs is 7. The molecule has 0 aromatic heterocycles. The van der Waals surface area contributed by atoms with E-state index < -0.39 is 55.2 Å². The Morgan fingerprint density at radius 1 is 0.823 bits per heavy atom. The summed E-state index contributed by atoms with van der Waals surface area (Å²) >= 11 is 0. The van der Waals surface area contributed by atoms with Crippen molar-refractivity contribution in [2.75, 3.05) is 54.1 Å². The Kier molecular flexibility index (Phi) is 21.1. The van der Waals surface area contributed by atoms with Gasteiger partial charge in [0, 0.05) is 69.6 Å². The van der Waals surface area contributed by atoms with E-state index in [-0.39, 0.29) is 113 Å². The molecule has 6 aliphatic rings. The van der Waals surface area contributed by atoms with Gasteiger partial charge in [-0.05, 0) is 172 Å². The van der Waals surface area contributed by atoms with Gasteiger partial charge in [0.1, 0.15) is 6.04 Å². The summed E-state index contributed by atoms with van der Waals surface area (Å²) < 4.78 is 17.4. The van der Waals surface area contributed by atoms with E-state index in [0.29, 0.717) is 50.6 Å². The second-order valence-corrected chi connectivity index (χ2v) is 29.9. The monoisotopic (exact) mass is 1130 g/mol. The number of likely N-dealkylation sites (tertiary alicyclic amines) is 1. The standard InChI is InChI=1S/C62H110N5O11P/c1-17-39(6)54(66(16)57(74)52(37(2)3)64-56(73)53(38(4)5)65(14)15)42(34-68)33-50(71)67-32-18-19-46(67)44(35-69)41(8)55(72)63-31-25-40(7)43-22-28-62(36-78-79(75,76)77)30-29-60(12)45(51(43)62)20-21-48-59(11)26-24-49(70)58(9,10)47(59)23-27-61(48,60)13/h37-39,41-49,51-54,68-70H,7,17-36H2,1-6,8-16H3,(H,63,72)(H,64,73)(H2,75,76,77)/p-2/t39-,41+,42-,43-,44+,45?,46?,47-,48?,49-,51+,52-,53-,54-,59-,60+,61+,62+/m0/s1. The summed E-state index contributed by atoms with van der Waals surface area (Å²) in [5.41, 5.74) is 0.419. The fraction of sp³-hybridized carbons (Fsp3) is 0.903. The molecular formula is C62H108N5O11P-2. The third-order valence-electron chi connectivity index (χ3n) is 23.6. The van der Waals surface area contributed by atoms with Gasteiger partial charge >= 0.3 is 0 Å². The van der Waals surface area contributed by atoms with Crippen molar-refractivity contribution in [1.29, 1.82) is 0 Å². The maximum atomic E-state index is 14.5. The Balaban J connectivity index is 1.13. The molecule has 5 aliphatic carbocycles. The first-order valence-corrected chi connectivity index (χ1v) is 32.2. The van der Waals surface area contributed by atoms with Crippen LogP contribution in [0.2, 0.25) is 0 Å². The van der Waals surface area contributed by atoms with Gasteiger partial charge in [-0.15, -0.1) is 0 Å². The molecule has 0 bridgehead atoms. The molecule has 454 valence electrons. The number of phosphoric acid groups is 1. The van der Waals surface area contributed by atoms with Gasteiger partial charge in [0.25, 0.3) is 0 Å². The lowest BCUT2D eigenvalue weighted by Gasteiger charge is -2.73. The minimum absolute atomic E-state index is 0.00751. The number of aliphatic hydroxyl groups excluding tert-OH is 3. The summed E-state index contributed by atoms with van der Waals surface area (Å²) in [5, 5.41) is 39.4. The molecule has 18 atom stereocenters. The normalized spacial score (nSPS) is 35.0. The van der Waals surface area contributed by atoms with Gasteiger partial charge < -0.3 is 54.6 Å². The first-order chi connectivity index (χ1) is 36.7. The summed E-state index contributed by atoms with van der Waals surface area (Å²) in [5.74, 6) is -1.83. The van der Waals surface area contributed by atoms with Crippen molar-refractivity contribution in [2.45, 2.75) is 210 Å². The van der Waals surface area contributed by atoms with Crippen LogP contribution < -0.4 is 20.4 Å². The van der Waals surface area contributed by atoms with Crippen molar-refractivity contribution < 1.29 is 53.4 Å². The van der Waals surface area contributed by atoms with Crippen molar-refractivity contribution in [1.82, 2.24) is 25.3 Å². The molecule has 0 radical (unpaired) electrons. The van der Waals surface area contributed by atoms with Crippen LogP contribution >= 0.6 is 7.82 Å².